The minimum absolute atomic E-state index is 0.0498. The number of carbonyl (C=O) groups is 1. The summed E-state index contributed by atoms with van der Waals surface area (Å²) in [5.41, 5.74) is 1.58. The van der Waals surface area contributed by atoms with Crippen LogP contribution < -0.4 is 4.72 Å². The van der Waals surface area contributed by atoms with Gasteiger partial charge in [-0.2, -0.15) is 5.26 Å². The molecule has 2 aromatic rings. The van der Waals surface area contributed by atoms with Gasteiger partial charge in [-0.3, -0.25) is 4.79 Å². The van der Waals surface area contributed by atoms with Crippen LogP contribution in [0.15, 0.2) is 40.6 Å². The molecule has 2 heterocycles. The quantitative estimate of drug-likeness (QED) is 0.864. The maximum Gasteiger partial charge on any atom is 0.240 e. The number of sulfonamides is 1. The first-order valence-electron chi connectivity index (χ1n) is 7.82. The molecule has 0 saturated heterocycles. The molecule has 0 saturated carbocycles. The van der Waals surface area contributed by atoms with Gasteiger partial charge in [0.15, 0.2) is 0 Å². The van der Waals surface area contributed by atoms with E-state index in [0.29, 0.717) is 18.7 Å². The summed E-state index contributed by atoms with van der Waals surface area (Å²) in [7, 11) is -3.68. The molecule has 0 atom stereocenters. The Morgan fingerprint density at radius 3 is 2.76 bits per heavy atom. The number of rotatable bonds is 5. The van der Waals surface area contributed by atoms with Gasteiger partial charge in [-0.25, -0.2) is 13.1 Å². The van der Waals surface area contributed by atoms with E-state index in [4.69, 9.17) is 5.26 Å². The molecule has 3 rings (SSSR count). The highest BCUT2D eigenvalue weighted by Gasteiger charge is 2.22. The van der Waals surface area contributed by atoms with Crippen molar-refractivity contribution in [2.24, 2.45) is 0 Å². The average Bonchev–Trinajstić information content (AvgIpc) is 3.09. The second-order valence-electron chi connectivity index (χ2n) is 5.72. The third-order valence-electron chi connectivity index (χ3n) is 4.09. The van der Waals surface area contributed by atoms with E-state index in [1.54, 1.807) is 16.2 Å². The maximum absolute atomic E-state index is 12.3. The molecule has 1 amide bonds. The molecule has 1 aliphatic heterocycles. The number of fused-ring (bicyclic) bond motifs is 1. The number of nitrogens with zero attached hydrogens (tertiary/aromatic N) is 2. The van der Waals surface area contributed by atoms with E-state index in [0.717, 1.165) is 6.42 Å². The van der Waals surface area contributed by atoms with Crippen LogP contribution in [0.5, 0.6) is 0 Å². The van der Waals surface area contributed by atoms with Gasteiger partial charge in [0, 0.05) is 30.9 Å². The largest absolute Gasteiger partial charge is 0.338 e. The number of benzene rings is 1. The highest BCUT2D eigenvalue weighted by Crippen LogP contribution is 2.24. The van der Waals surface area contributed by atoms with E-state index in [1.165, 1.54) is 34.7 Å². The molecule has 1 aromatic carbocycles. The first-order valence-corrected chi connectivity index (χ1v) is 10.2. The van der Waals surface area contributed by atoms with Crippen LogP contribution in [0.1, 0.15) is 22.4 Å². The van der Waals surface area contributed by atoms with Crippen molar-refractivity contribution >= 4 is 27.3 Å². The van der Waals surface area contributed by atoms with Crippen LogP contribution >= 0.6 is 11.3 Å². The zero-order valence-electron chi connectivity index (χ0n) is 13.4. The van der Waals surface area contributed by atoms with Crippen LogP contribution in [0, 0.1) is 11.3 Å². The molecule has 130 valence electrons. The van der Waals surface area contributed by atoms with Gasteiger partial charge in [-0.1, -0.05) is 0 Å². The third kappa shape index (κ3) is 4.07. The lowest BCUT2D eigenvalue weighted by Crippen LogP contribution is -2.37. The van der Waals surface area contributed by atoms with Crippen LogP contribution in [0.25, 0.3) is 0 Å². The lowest BCUT2D eigenvalue weighted by atomic mass is 10.1. The highest BCUT2D eigenvalue weighted by atomic mass is 32.2. The van der Waals surface area contributed by atoms with E-state index < -0.39 is 10.0 Å². The zero-order chi connectivity index (χ0) is 17.9. The summed E-state index contributed by atoms with van der Waals surface area (Å²) >= 11 is 1.71. The third-order valence-corrected chi connectivity index (χ3v) is 6.58. The van der Waals surface area contributed by atoms with Crippen LogP contribution in [0.3, 0.4) is 0 Å². The molecule has 0 spiro atoms. The summed E-state index contributed by atoms with van der Waals surface area (Å²) in [4.78, 5) is 15.5. The molecule has 0 fully saturated rings. The molecule has 1 aliphatic rings. The number of carbonyl (C=O) groups excluding carboxylic acids is 1. The predicted molar refractivity (Wildman–Crippen MR) is 94.4 cm³/mol. The zero-order valence-corrected chi connectivity index (χ0v) is 15.1. The highest BCUT2D eigenvalue weighted by molar-refractivity contribution is 7.89. The van der Waals surface area contributed by atoms with Crippen molar-refractivity contribution in [2.75, 3.05) is 13.1 Å². The van der Waals surface area contributed by atoms with Crippen LogP contribution in [0.2, 0.25) is 0 Å². The molecular formula is C17H17N3O3S2. The molecule has 25 heavy (non-hydrogen) atoms. The first kappa shape index (κ1) is 17.6. The van der Waals surface area contributed by atoms with E-state index in [-0.39, 0.29) is 23.8 Å². The summed E-state index contributed by atoms with van der Waals surface area (Å²) in [6.07, 6.45) is 0.977. The number of hydrogen-bond donors (Lipinski definition) is 1. The summed E-state index contributed by atoms with van der Waals surface area (Å²) in [6.45, 7) is 1.32. The van der Waals surface area contributed by atoms with Gasteiger partial charge >= 0.3 is 0 Å². The Kier molecular flexibility index (Phi) is 5.18. The van der Waals surface area contributed by atoms with Crippen molar-refractivity contribution in [2.45, 2.75) is 24.3 Å². The Bertz CT molecular complexity index is 911. The van der Waals surface area contributed by atoms with E-state index in [2.05, 4.69) is 4.72 Å². The minimum atomic E-state index is -3.68. The number of nitriles is 1. The topological polar surface area (TPSA) is 90.3 Å². The molecule has 1 aromatic heterocycles. The average molecular weight is 375 g/mol. The normalized spacial score (nSPS) is 14.0. The molecule has 0 radical (unpaired) electrons. The summed E-state index contributed by atoms with van der Waals surface area (Å²) < 4.78 is 26.8. The van der Waals surface area contributed by atoms with Gasteiger partial charge in [0.1, 0.15) is 0 Å². The Labute approximate surface area is 150 Å². The van der Waals surface area contributed by atoms with Crippen molar-refractivity contribution in [1.29, 1.82) is 5.26 Å². The van der Waals surface area contributed by atoms with E-state index >= 15 is 0 Å². The van der Waals surface area contributed by atoms with Gasteiger partial charge in [0.2, 0.25) is 15.9 Å². The van der Waals surface area contributed by atoms with Gasteiger partial charge in [0.25, 0.3) is 0 Å². The molecule has 6 nitrogen and oxygen atoms in total. The van der Waals surface area contributed by atoms with Crippen molar-refractivity contribution in [3.8, 4) is 6.07 Å². The van der Waals surface area contributed by atoms with Crippen molar-refractivity contribution in [3.63, 3.8) is 0 Å². The number of amides is 1. The predicted octanol–water partition coefficient (Wildman–Crippen LogP) is 1.87. The second-order valence-corrected chi connectivity index (χ2v) is 8.49. The smallest absolute Gasteiger partial charge is 0.240 e. The summed E-state index contributed by atoms with van der Waals surface area (Å²) in [5.74, 6) is -0.0561. The molecule has 0 bridgehead atoms. The first-order chi connectivity index (χ1) is 12.0. The van der Waals surface area contributed by atoms with Crippen molar-refractivity contribution < 1.29 is 13.2 Å². The summed E-state index contributed by atoms with van der Waals surface area (Å²) in [6, 6.07) is 9.64. The maximum atomic E-state index is 12.3. The Hall–Kier alpha value is -2.21. The van der Waals surface area contributed by atoms with Crippen molar-refractivity contribution in [3.05, 3.63) is 51.7 Å². The SMILES string of the molecule is N#Cc1ccc(S(=O)(=O)NCCC(=O)N2CCc3sccc3C2)cc1. The van der Waals surface area contributed by atoms with Gasteiger partial charge in [0.05, 0.1) is 16.5 Å². The Morgan fingerprint density at radius 1 is 1.28 bits per heavy atom. The minimum Gasteiger partial charge on any atom is -0.338 e. The van der Waals surface area contributed by atoms with Crippen LogP contribution in [-0.4, -0.2) is 32.3 Å². The molecule has 1 N–H and O–H groups in total. The lowest BCUT2D eigenvalue weighted by molar-refractivity contribution is -0.131. The lowest BCUT2D eigenvalue weighted by Gasteiger charge is -2.27. The van der Waals surface area contributed by atoms with Crippen LogP contribution in [-0.2, 0) is 27.8 Å². The number of nitrogens with one attached hydrogen (secondary N) is 1. The van der Waals surface area contributed by atoms with E-state index in [9.17, 15) is 13.2 Å². The fraction of sp³-hybridized carbons (Fsp3) is 0.294. The van der Waals surface area contributed by atoms with Gasteiger partial charge < -0.3 is 4.90 Å². The van der Waals surface area contributed by atoms with Gasteiger partial charge in [-0.05, 0) is 47.7 Å². The molecular weight excluding hydrogens is 358 g/mol. The summed E-state index contributed by atoms with van der Waals surface area (Å²) in [5, 5.41) is 10.8. The Morgan fingerprint density at radius 2 is 2.04 bits per heavy atom. The fourth-order valence-electron chi connectivity index (χ4n) is 2.70. The second kappa shape index (κ2) is 7.35. The number of thiophene rings is 1. The molecule has 0 aliphatic carbocycles. The van der Waals surface area contributed by atoms with Crippen LogP contribution in [0.4, 0.5) is 0 Å². The Balaban J connectivity index is 1.53. The van der Waals surface area contributed by atoms with Crippen molar-refractivity contribution in [1.82, 2.24) is 9.62 Å². The standard InChI is InChI=1S/C17H17N3O3S2/c18-11-13-1-3-15(4-2-13)25(22,23)19-8-5-17(21)20-9-6-16-14(12-20)7-10-24-16/h1-4,7,10,19H,5-6,8-9,12H2. The fourth-order valence-corrected chi connectivity index (χ4v) is 4.63. The molecule has 8 heteroatoms. The van der Waals surface area contributed by atoms with E-state index in [1.807, 2.05) is 17.5 Å². The van der Waals surface area contributed by atoms with Gasteiger partial charge in [-0.15, -0.1) is 11.3 Å². The molecule has 0 unspecified atom stereocenters. The number of hydrogen-bond acceptors (Lipinski definition) is 5. The monoisotopic (exact) mass is 375 g/mol.